The molecular weight excluding hydrogens is 338 g/mol. The number of carbonyl (C=O) groups excluding carboxylic acids is 2. The standard InChI is InChI=1S/C22H25N3O2/c1-3-24(4-2)14-7-5-13(6-8-14)12-23-25-21(26)19-15-9-10-16(18-11-17(15)18)20(19)22(25)27/h5-10,12,15-20H,3-4,11H2,1-2H3. The Hall–Kier alpha value is -2.43. The normalized spacial score (nSPS) is 35.7. The van der Waals surface area contributed by atoms with E-state index in [2.05, 4.69) is 48.1 Å². The predicted octanol–water partition coefficient (Wildman–Crippen LogP) is 2.92. The van der Waals surface area contributed by atoms with Crippen LogP contribution < -0.4 is 4.90 Å². The molecule has 1 saturated heterocycles. The Balaban J connectivity index is 1.34. The Kier molecular flexibility index (Phi) is 3.74. The quantitative estimate of drug-likeness (QED) is 0.459. The minimum Gasteiger partial charge on any atom is -0.372 e. The zero-order valence-corrected chi connectivity index (χ0v) is 15.8. The Morgan fingerprint density at radius 2 is 1.56 bits per heavy atom. The van der Waals surface area contributed by atoms with E-state index in [4.69, 9.17) is 0 Å². The molecule has 0 aromatic heterocycles. The number of nitrogens with zero attached hydrogens (tertiary/aromatic N) is 3. The zero-order valence-electron chi connectivity index (χ0n) is 15.8. The number of rotatable bonds is 5. The van der Waals surface area contributed by atoms with Gasteiger partial charge in [0.05, 0.1) is 18.1 Å². The van der Waals surface area contributed by atoms with Gasteiger partial charge in [0.1, 0.15) is 0 Å². The van der Waals surface area contributed by atoms with Crippen molar-refractivity contribution in [3.05, 3.63) is 42.0 Å². The predicted molar refractivity (Wildman–Crippen MR) is 104 cm³/mol. The summed E-state index contributed by atoms with van der Waals surface area (Å²) in [6, 6.07) is 8.07. The fourth-order valence-electron chi connectivity index (χ4n) is 5.54. The van der Waals surface area contributed by atoms with Crippen LogP contribution in [-0.4, -0.2) is 36.1 Å². The third kappa shape index (κ3) is 2.40. The van der Waals surface area contributed by atoms with E-state index in [0.717, 1.165) is 23.7 Å². The highest BCUT2D eigenvalue weighted by atomic mass is 16.2. The van der Waals surface area contributed by atoms with Crippen LogP contribution in [0.2, 0.25) is 0 Å². The van der Waals surface area contributed by atoms with Crippen molar-refractivity contribution in [3.8, 4) is 0 Å². The number of hydrogen-bond acceptors (Lipinski definition) is 4. The largest absolute Gasteiger partial charge is 0.372 e. The smallest absolute Gasteiger partial charge is 0.254 e. The maximum absolute atomic E-state index is 12.9. The average Bonchev–Trinajstić information content (AvgIpc) is 3.47. The molecule has 5 nitrogen and oxygen atoms in total. The number of hydrazone groups is 1. The molecule has 4 aliphatic carbocycles. The summed E-state index contributed by atoms with van der Waals surface area (Å²) in [5.41, 5.74) is 2.06. The van der Waals surface area contributed by atoms with E-state index >= 15 is 0 Å². The molecule has 2 amide bonds. The van der Waals surface area contributed by atoms with Crippen LogP contribution in [0.1, 0.15) is 25.8 Å². The SMILES string of the molecule is CCN(CC)c1ccc(C=NN2C(=O)C3C4C=CC(C5CC45)C3C2=O)cc1. The maximum atomic E-state index is 12.9. The van der Waals surface area contributed by atoms with Gasteiger partial charge in [-0.05, 0) is 61.6 Å². The van der Waals surface area contributed by atoms with Gasteiger partial charge in [0, 0.05) is 18.8 Å². The van der Waals surface area contributed by atoms with Gasteiger partial charge < -0.3 is 4.90 Å². The molecule has 1 aromatic carbocycles. The number of imide groups is 1. The third-order valence-electron chi connectivity index (χ3n) is 6.98. The van der Waals surface area contributed by atoms with Gasteiger partial charge in [-0.1, -0.05) is 24.3 Å². The van der Waals surface area contributed by atoms with Crippen molar-refractivity contribution in [2.75, 3.05) is 18.0 Å². The third-order valence-corrected chi connectivity index (χ3v) is 6.98. The number of allylic oxidation sites excluding steroid dienone is 2. The Labute approximate surface area is 159 Å². The second kappa shape index (κ2) is 6.04. The Morgan fingerprint density at radius 3 is 2.07 bits per heavy atom. The van der Waals surface area contributed by atoms with Crippen LogP contribution in [0.15, 0.2) is 41.5 Å². The van der Waals surface area contributed by atoms with Gasteiger partial charge in [-0.3, -0.25) is 9.59 Å². The van der Waals surface area contributed by atoms with Crippen molar-refractivity contribution < 1.29 is 9.59 Å². The molecular formula is C22H25N3O2. The van der Waals surface area contributed by atoms with Gasteiger partial charge in [-0.25, -0.2) is 0 Å². The number of anilines is 1. The van der Waals surface area contributed by atoms with E-state index in [-0.39, 0.29) is 35.5 Å². The first-order valence-electron chi connectivity index (χ1n) is 10.1. The van der Waals surface area contributed by atoms with E-state index in [1.165, 1.54) is 12.1 Å². The summed E-state index contributed by atoms with van der Waals surface area (Å²) in [5.74, 6) is 1.16. The summed E-state index contributed by atoms with van der Waals surface area (Å²) in [6.45, 7) is 6.19. The molecule has 27 heavy (non-hydrogen) atoms. The van der Waals surface area contributed by atoms with Gasteiger partial charge in [0.25, 0.3) is 11.8 Å². The van der Waals surface area contributed by atoms with Gasteiger partial charge in [-0.2, -0.15) is 10.1 Å². The van der Waals surface area contributed by atoms with Crippen LogP contribution in [0.5, 0.6) is 0 Å². The van der Waals surface area contributed by atoms with Gasteiger partial charge >= 0.3 is 0 Å². The van der Waals surface area contributed by atoms with E-state index in [0.29, 0.717) is 11.8 Å². The summed E-state index contributed by atoms with van der Waals surface area (Å²) < 4.78 is 0. The summed E-state index contributed by atoms with van der Waals surface area (Å²) in [5, 5.41) is 5.44. The molecule has 5 aliphatic rings. The molecule has 3 fully saturated rings. The summed E-state index contributed by atoms with van der Waals surface area (Å²) in [6.07, 6.45) is 7.18. The van der Waals surface area contributed by atoms with Crippen molar-refractivity contribution in [1.29, 1.82) is 0 Å². The molecule has 1 aliphatic heterocycles. The van der Waals surface area contributed by atoms with E-state index in [1.54, 1.807) is 6.21 Å². The fraction of sp³-hybridized carbons (Fsp3) is 0.500. The lowest BCUT2D eigenvalue weighted by Crippen LogP contribution is -2.40. The minimum absolute atomic E-state index is 0.106. The maximum Gasteiger partial charge on any atom is 0.254 e. The van der Waals surface area contributed by atoms with Crippen LogP contribution in [0, 0.1) is 35.5 Å². The van der Waals surface area contributed by atoms with Gasteiger partial charge in [0.15, 0.2) is 0 Å². The first kappa shape index (κ1) is 16.7. The topological polar surface area (TPSA) is 53.0 Å². The number of carbonyl (C=O) groups is 2. The second-order valence-corrected chi connectivity index (χ2v) is 8.15. The van der Waals surface area contributed by atoms with E-state index in [1.807, 2.05) is 12.1 Å². The minimum atomic E-state index is -0.182. The molecule has 6 unspecified atom stereocenters. The average molecular weight is 363 g/mol. The molecule has 2 saturated carbocycles. The molecule has 6 atom stereocenters. The molecule has 6 rings (SSSR count). The first-order chi connectivity index (χ1) is 13.1. The summed E-state index contributed by atoms with van der Waals surface area (Å²) in [4.78, 5) is 28.1. The summed E-state index contributed by atoms with van der Waals surface area (Å²) in [7, 11) is 0. The highest BCUT2D eigenvalue weighted by molar-refractivity contribution is 6.06. The molecule has 0 spiro atoms. The molecule has 5 heteroatoms. The van der Waals surface area contributed by atoms with E-state index in [9.17, 15) is 9.59 Å². The lowest BCUT2D eigenvalue weighted by Gasteiger charge is -2.37. The summed E-state index contributed by atoms with van der Waals surface area (Å²) >= 11 is 0. The van der Waals surface area contributed by atoms with Crippen molar-refractivity contribution in [3.63, 3.8) is 0 Å². The van der Waals surface area contributed by atoms with Crippen LogP contribution in [0.3, 0.4) is 0 Å². The van der Waals surface area contributed by atoms with Crippen molar-refractivity contribution >= 4 is 23.7 Å². The Morgan fingerprint density at radius 1 is 1.00 bits per heavy atom. The van der Waals surface area contributed by atoms with E-state index < -0.39 is 0 Å². The number of benzene rings is 1. The molecule has 2 bridgehead atoms. The monoisotopic (exact) mass is 363 g/mol. The van der Waals surface area contributed by atoms with Crippen molar-refractivity contribution in [1.82, 2.24) is 5.01 Å². The molecule has 140 valence electrons. The number of hydrogen-bond donors (Lipinski definition) is 0. The number of amides is 2. The van der Waals surface area contributed by atoms with Crippen LogP contribution >= 0.6 is 0 Å². The molecule has 0 radical (unpaired) electrons. The van der Waals surface area contributed by atoms with Crippen molar-refractivity contribution in [2.24, 2.45) is 40.6 Å². The molecule has 0 N–H and O–H groups in total. The molecule has 1 aromatic rings. The Bertz CT molecular complexity index is 804. The fourth-order valence-corrected chi connectivity index (χ4v) is 5.54. The lowest BCUT2D eigenvalue weighted by atomic mass is 9.63. The lowest BCUT2D eigenvalue weighted by molar-refractivity contribution is -0.140. The highest BCUT2D eigenvalue weighted by Crippen LogP contribution is 2.65. The van der Waals surface area contributed by atoms with Gasteiger partial charge in [-0.15, -0.1) is 0 Å². The van der Waals surface area contributed by atoms with Crippen molar-refractivity contribution in [2.45, 2.75) is 20.3 Å². The second-order valence-electron chi connectivity index (χ2n) is 8.15. The van der Waals surface area contributed by atoms with Crippen LogP contribution in [-0.2, 0) is 9.59 Å². The van der Waals surface area contributed by atoms with Crippen LogP contribution in [0.4, 0.5) is 5.69 Å². The van der Waals surface area contributed by atoms with Gasteiger partial charge in [0.2, 0.25) is 0 Å². The molecule has 1 heterocycles. The highest BCUT2D eigenvalue weighted by Gasteiger charge is 2.67. The van der Waals surface area contributed by atoms with Crippen LogP contribution in [0.25, 0.3) is 0 Å². The first-order valence-corrected chi connectivity index (χ1v) is 10.1. The zero-order chi connectivity index (χ0) is 18.7.